The van der Waals surface area contributed by atoms with Crippen LogP contribution in [0.1, 0.15) is 77.7 Å². The van der Waals surface area contributed by atoms with E-state index in [-0.39, 0.29) is 29.1 Å². The smallest absolute Gasteiger partial charge is 0.261 e. The summed E-state index contributed by atoms with van der Waals surface area (Å²) in [6.45, 7) is 6.49. The van der Waals surface area contributed by atoms with Crippen LogP contribution >= 0.6 is 0 Å². The molecule has 6 unspecified atom stereocenters. The highest BCUT2D eigenvalue weighted by atomic mass is 16.6. The van der Waals surface area contributed by atoms with E-state index in [1.807, 2.05) is 12.1 Å². The lowest BCUT2D eigenvalue weighted by atomic mass is 9.46. The summed E-state index contributed by atoms with van der Waals surface area (Å²) < 4.78 is 0. The van der Waals surface area contributed by atoms with Crippen LogP contribution < -0.4 is 5.32 Å². The number of pyridine rings is 1. The summed E-state index contributed by atoms with van der Waals surface area (Å²) in [4.78, 5) is 34.0. The third-order valence-corrected chi connectivity index (χ3v) is 10.3. The van der Waals surface area contributed by atoms with Gasteiger partial charge in [-0.1, -0.05) is 24.6 Å². The number of carbonyl (C=O) groups is 2. The van der Waals surface area contributed by atoms with Crippen molar-refractivity contribution in [1.29, 1.82) is 0 Å². The van der Waals surface area contributed by atoms with Crippen molar-refractivity contribution in [3.05, 3.63) is 41.7 Å². The maximum Gasteiger partial charge on any atom is 0.261 e. The van der Waals surface area contributed by atoms with E-state index < -0.39 is 5.60 Å². The molecule has 5 rings (SSSR count). The number of hydrogen-bond donors (Lipinski definition) is 2. The van der Waals surface area contributed by atoms with Crippen molar-refractivity contribution in [2.45, 2.75) is 84.3 Å². The molecule has 1 aromatic rings. The minimum atomic E-state index is -1.16. The first kappa shape index (κ1) is 25.1. The molecule has 3 saturated carbocycles. The van der Waals surface area contributed by atoms with Crippen LogP contribution in [0.4, 0.5) is 0 Å². The Morgan fingerprint density at radius 2 is 1.86 bits per heavy atom. The lowest BCUT2D eigenvalue weighted by molar-refractivity contribution is -0.159. The summed E-state index contributed by atoms with van der Waals surface area (Å²) in [5, 5.41) is 18.5. The van der Waals surface area contributed by atoms with Crippen molar-refractivity contribution in [2.75, 3.05) is 6.61 Å². The van der Waals surface area contributed by atoms with Crippen LogP contribution in [0.5, 0.6) is 0 Å². The van der Waals surface area contributed by atoms with Crippen molar-refractivity contribution in [1.82, 2.24) is 10.3 Å². The number of allylic oxidation sites excluding steroid dienone is 2. The highest BCUT2D eigenvalue weighted by Crippen LogP contribution is 2.67. The summed E-state index contributed by atoms with van der Waals surface area (Å²) in [6.07, 6.45) is 13.1. The zero-order chi connectivity index (χ0) is 25.6. The van der Waals surface area contributed by atoms with Crippen LogP contribution in [0.3, 0.4) is 0 Å². The molecule has 7 heteroatoms. The van der Waals surface area contributed by atoms with E-state index in [4.69, 9.17) is 4.84 Å². The number of Topliss-reactive ketones (excluding diaryl/α,β-unsaturated/α-hetero) is 1. The SMILES string of the molecule is CC(=O)C1(O)CCC2C3CCC4=CC(=NOCC(=O)NCc5ccncc5)CCC4(C)C3CCC21C. The molecule has 0 spiro atoms. The molecule has 0 aromatic carbocycles. The minimum absolute atomic E-state index is 0.0573. The molecule has 1 amide bonds. The number of ketones is 1. The monoisotopic (exact) mass is 493 g/mol. The summed E-state index contributed by atoms with van der Waals surface area (Å²) in [7, 11) is 0. The van der Waals surface area contributed by atoms with E-state index in [1.54, 1.807) is 19.3 Å². The Morgan fingerprint density at radius 1 is 1.11 bits per heavy atom. The second kappa shape index (κ2) is 9.40. The Balaban J connectivity index is 1.22. The summed E-state index contributed by atoms with van der Waals surface area (Å²) in [5.74, 6) is 1.28. The van der Waals surface area contributed by atoms with Crippen molar-refractivity contribution in [2.24, 2.45) is 33.7 Å². The molecule has 4 aliphatic rings. The second-order valence-electron chi connectivity index (χ2n) is 11.9. The molecule has 4 aliphatic carbocycles. The van der Waals surface area contributed by atoms with Crippen LogP contribution in [0.15, 0.2) is 41.3 Å². The van der Waals surface area contributed by atoms with E-state index >= 15 is 0 Å². The average Bonchev–Trinajstić information content (AvgIpc) is 3.15. The summed E-state index contributed by atoms with van der Waals surface area (Å²) in [6, 6.07) is 3.73. The molecule has 6 atom stereocenters. The van der Waals surface area contributed by atoms with Gasteiger partial charge in [0.1, 0.15) is 5.60 Å². The molecule has 194 valence electrons. The van der Waals surface area contributed by atoms with E-state index in [1.165, 1.54) is 5.57 Å². The van der Waals surface area contributed by atoms with Gasteiger partial charge in [-0.25, -0.2) is 0 Å². The summed E-state index contributed by atoms with van der Waals surface area (Å²) in [5.41, 5.74) is 2.02. The molecule has 0 bridgehead atoms. The van der Waals surface area contributed by atoms with Gasteiger partial charge in [-0.3, -0.25) is 14.6 Å². The highest BCUT2D eigenvalue weighted by Gasteiger charge is 2.65. The fraction of sp³-hybridized carbons (Fsp3) is 0.655. The Labute approximate surface area is 213 Å². The van der Waals surface area contributed by atoms with Crippen molar-refractivity contribution in [3.63, 3.8) is 0 Å². The first-order valence-electron chi connectivity index (χ1n) is 13.5. The predicted octanol–water partition coefficient (Wildman–Crippen LogP) is 4.35. The number of amides is 1. The van der Waals surface area contributed by atoms with E-state index in [0.717, 1.165) is 56.2 Å². The number of hydrogen-bond acceptors (Lipinski definition) is 6. The van der Waals surface area contributed by atoms with Crippen molar-refractivity contribution in [3.8, 4) is 0 Å². The zero-order valence-electron chi connectivity index (χ0n) is 21.8. The normalized spacial score (nSPS) is 38.4. The topological polar surface area (TPSA) is 101 Å². The van der Waals surface area contributed by atoms with Gasteiger partial charge < -0.3 is 15.3 Å². The van der Waals surface area contributed by atoms with Gasteiger partial charge in [0.2, 0.25) is 0 Å². The number of nitrogens with zero attached hydrogens (tertiary/aromatic N) is 2. The third-order valence-electron chi connectivity index (χ3n) is 10.3. The van der Waals surface area contributed by atoms with Gasteiger partial charge in [-0.2, -0.15) is 0 Å². The van der Waals surface area contributed by atoms with Gasteiger partial charge in [-0.05, 0) is 105 Å². The Bertz CT molecular complexity index is 1090. The van der Waals surface area contributed by atoms with Gasteiger partial charge in [-0.15, -0.1) is 0 Å². The van der Waals surface area contributed by atoms with Crippen molar-refractivity contribution < 1.29 is 19.5 Å². The quantitative estimate of drug-likeness (QED) is 0.574. The van der Waals surface area contributed by atoms with Crippen LogP contribution in [-0.4, -0.2) is 39.7 Å². The molecule has 36 heavy (non-hydrogen) atoms. The fourth-order valence-corrected chi connectivity index (χ4v) is 8.16. The molecule has 1 aromatic heterocycles. The standard InChI is InChI=1S/C29H39N3O4/c1-19(33)29(35)13-8-25-23-5-4-21-16-22(6-11-27(21,2)24(23)7-12-28(25,29)3)32-36-18-26(34)31-17-20-9-14-30-15-10-20/h9-10,14-16,23-25,35H,4-8,11-13,17-18H2,1-3H3,(H,31,34). The molecule has 2 N–H and O–H groups in total. The van der Waals surface area contributed by atoms with Crippen LogP contribution in [-0.2, 0) is 21.0 Å². The van der Waals surface area contributed by atoms with Gasteiger partial charge in [0.25, 0.3) is 5.91 Å². The van der Waals surface area contributed by atoms with Crippen molar-refractivity contribution >= 4 is 17.4 Å². The molecule has 0 radical (unpaired) electrons. The average molecular weight is 494 g/mol. The summed E-state index contributed by atoms with van der Waals surface area (Å²) >= 11 is 0. The minimum Gasteiger partial charge on any atom is -0.385 e. The van der Waals surface area contributed by atoms with Gasteiger partial charge in [0.05, 0.1) is 5.71 Å². The number of oxime groups is 1. The lowest BCUT2D eigenvalue weighted by Gasteiger charge is -2.59. The Kier molecular flexibility index (Phi) is 6.56. The van der Waals surface area contributed by atoms with E-state index in [0.29, 0.717) is 30.7 Å². The van der Waals surface area contributed by atoms with Gasteiger partial charge >= 0.3 is 0 Å². The fourth-order valence-electron chi connectivity index (χ4n) is 8.16. The van der Waals surface area contributed by atoms with E-state index in [2.05, 4.69) is 35.4 Å². The third kappa shape index (κ3) is 4.09. The largest absolute Gasteiger partial charge is 0.385 e. The predicted molar refractivity (Wildman–Crippen MR) is 137 cm³/mol. The Hall–Kier alpha value is -2.54. The zero-order valence-corrected chi connectivity index (χ0v) is 21.8. The number of fused-ring (bicyclic) bond motifs is 5. The number of carbonyl (C=O) groups excluding carboxylic acids is 2. The number of rotatable bonds is 6. The number of aromatic nitrogens is 1. The van der Waals surface area contributed by atoms with Gasteiger partial charge in [0, 0.05) is 24.4 Å². The molecule has 1 heterocycles. The van der Waals surface area contributed by atoms with Gasteiger partial charge in [0.15, 0.2) is 12.4 Å². The molecule has 0 aliphatic heterocycles. The lowest BCUT2D eigenvalue weighted by Crippen LogP contribution is -2.57. The molecular formula is C29H39N3O4. The molecular weight excluding hydrogens is 454 g/mol. The van der Waals surface area contributed by atoms with Crippen LogP contribution in [0.2, 0.25) is 0 Å². The highest BCUT2D eigenvalue weighted by molar-refractivity contribution is 5.96. The molecule has 7 nitrogen and oxygen atoms in total. The second-order valence-corrected chi connectivity index (χ2v) is 11.9. The first-order chi connectivity index (χ1) is 17.2. The van der Waals surface area contributed by atoms with E-state index in [9.17, 15) is 14.7 Å². The number of nitrogens with one attached hydrogen (secondary N) is 1. The van der Waals surface area contributed by atoms with Crippen LogP contribution in [0.25, 0.3) is 0 Å². The maximum absolute atomic E-state index is 12.4. The molecule has 3 fully saturated rings. The Morgan fingerprint density at radius 3 is 2.61 bits per heavy atom. The number of aliphatic hydroxyl groups is 1. The maximum atomic E-state index is 12.4. The van der Waals surface area contributed by atoms with Crippen LogP contribution in [0, 0.1) is 28.6 Å². The molecule has 0 saturated heterocycles. The first-order valence-corrected chi connectivity index (χ1v) is 13.5.